The molecule has 15 heavy (non-hydrogen) atoms. The zero-order chi connectivity index (χ0) is 11.5. The molecule has 0 spiro atoms. The summed E-state index contributed by atoms with van der Waals surface area (Å²) in [7, 11) is 0. The number of rotatable bonds is 2. The molecule has 1 aliphatic rings. The van der Waals surface area contributed by atoms with Crippen molar-refractivity contribution in [3.63, 3.8) is 0 Å². The molecule has 0 saturated heterocycles. The van der Waals surface area contributed by atoms with Crippen LogP contribution in [0.2, 0.25) is 0 Å². The smallest absolute Gasteiger partial charge is 0.263 e. The number of allylic oxidation sites excluding steroid dienone is 2. The molecular weight excluding hydrogens is 198 g/mol. The van der Waals surface area contributed by atoms with E-state index in [0.29, 0.717) is 0 Å². The molecule has 0 aromatic heterocycles. The number of carbonyl (C=O) groups excluding carboxylic acids is 2. The molecule has 1 aliphatic carbocycles. The van der Waals surface area contributed by atoms with Crippen molar-refractivity contribution in [2.24, 2.45) is 0 Å². The highest BCUT2D eigenvalue weighted by atomic mass is 16.6. The van der Waals surface area contributed by atoms with Crippen LogP contribution >= 0.6 is 0 Å². The van der Waals surface area contributed by atoms with Gasteiger partial charge in [0.1, 0.15) is 11.9 Å². The summed E-state index contributed by atoms with van der Waals surface area (Å²) in [4.78, 5) is 31.1. The average molecular weight is 205 g/mol. The SMILES string of the molecule is C=CC1([N+](=O)[O-])C=CC(=C=O)C(=C=O)C1. The van der Waals surface area contributed by atoms with E-state index in [1.54, 1.807) is 0 Å². The maximum absolute atomic E-state index is 10.8. The molecule has 0 fully saturated rings. The number of nitro groups is 1. The van der Waals surface area contributed by atoms with E-state index in [1.165, 1.54) is 24.0 Å². The molecule has 0 aromatic rings. The van der Waals surface area contributed by atoms with Crippen LogP contribution in [-0.4, -0.2) is 22.3 Å². The van der Waals surface area contributed by atoms with Crippen LogP contribution in [-0.2, 0) is 9.59 Å². The predicted molar refractivity (Wildman–Crippen MR) is 52.1 cm³/mol. The van der Waals surface area contributed by atoms with Crippen LogP contribution in [0.3, 0.4) is 0 Å². The highest BCUT2D eigenvalue weighted by Crippen LogP contribution is 2.30. The van der Waals surface area contributed by atoms with Gasteiger partial charge in [0.2, 0.25) is 0 Å². The third-order valence-electron chi connectivity index (χ3n) is 2.25. The first-order chi connectivity index (χ1) is 7.09. The third kappa shape index (κ3) is 1.70. The van der Waals surface area contributed by atoms with Crippen molar-refractivity contribution < 1.29 is 14.5 Å². The van der Waals surface area contributed by atoms with Crippen LogP contribution < -0.4 is 0 Å². The fourth-order valence-corrected chi connectivity index (χ4v) is 1.29. The topological polar surface area (TPSA) is 77.3 Å². The van der Waals surface area contributed by atoms with Crippen molar-refractivity contribution in [2.75, 3.05) is 0 Å². The largest absolute Gasteiger partial charge is 0.263 e. The molecule has 0 N–H and O–H groups in total. The summed E-state index contributed by atoms with van der Waals surface area (Å²) in [6.07, 6.45) is 3.33. The molecule has 0 amide bonds. The Balaban J connectivity index is 3.34. The van der Waals surface area contributed by atoms with Gasteiger partial charge in [-0.05, 0) is 18.2 Å². The van der Waals surface area contributed by atoms with Crippen LogP contribution in [0.5, 0.6) is 0 Å². The van der Waals surface area contributed by atoms with Crippen LogP contribution in [0.25, 0.3) is 0 Å². The summed E-state index contributed by atoms with van der Waals surface area (Å²) in [5.41, 5.74) is -1.57. The second kappa shape index (κ2) is 3.88. The van der Waals surface area contributed by atoms with Crippen molar-refractivity contribution in [3.05, 3.63) is 46.1 Å². The lowest BCUT2D eigenvalue weighted by Gasteiger charge is -2.21. The Morgan fingerprint density at radius 1 is 1.53 bits per heavy atom. The molecule has 0 aliphatic heterocycles. The van der Waals surface area contributed by atoms with Gasteiger partial charge in [-0.1, -0.05) is 6.58 Å². The number of hydrogen-bond acceptors (Lipinski definition) is 4. The van der Waals surface area contributed by atoms with E-state index in [0.717, 1.165) is 6.08 Å². The van der Waals surface area contributed by atoms with Crippen molar-refractivity contribution in [3.8, 4) is 0 Å². The van der Waals surface area contributed by atoms with Crippen LogP contribution in [0, 0.1) is 10.1 Å². The standard InChI is InChI=1S/C10H7NO4/c1-2-10(11(14)15)4-3-8(6-12)9(5-10)7-13/h2-4H,1,5H2. The van der Waals surface area contributed by atoms with Gasteiger partial charge in [-0.15, -0.1) is 0 Å². The van der Waals surface area contributed by atoms with Gasteiger partial charge in [0.15, 0.2) is 0 Å². The van der Waals surface area contributed by atoms with Crippen molar-refractivity contribution in [1.29, 1.82) is 0 Å². The molecule has 5 nitrogen and oxygen atoms in total. The Kier molecular flexibility index (Phi) is 2.81. The highest BCUT2D eigenvalue weighted by molar-refractivity contribution is 5.76. The zero-order valence-corrected chi connectivity index (χ0v) is 7.73. The lowest BCUT2D eigenvalue weighted by atomic mass is 9.83. The van der Waals surface area contributed by atoms with E-state index in [9.17, 15) is 19.7 Å². The normalized spacial score (nSPS) is 24.3. The van der Waals surface area contributed by atoms with Gasteiger partial charge >= 0.3 is 0 Å². The van der Waals surface area contributed by atoms with Gasteiger partial charge in [-0.2, -0.15) is 0 Å². The molecule has 0 saturated carbocycles. The van der Waals surface area contributed by atoms with Gasteiger partial charge in [0.05, 0.1) is 17.6 Å². The maximum Gasteiger partial charge on any atom is 0.263 e. The maximum atomic E-state index is 10.8. The van der Waals surface area contributed by atoms with E-state index in [4.69, 9.17) is 0 Å². The molecule has 0 aromatic carbocycles. The molecule has 0 radical (unpaired) electrons. The zero-order valence-electron chi connectivity index (χ0n) is 7.73. The molecular formula is C10H7NO4. The molecule has 0 bridgehead atoms. The predicted octanol–water partition coefficient (Wildman–Crippen LogP) is 0.664. The summed E-state index contributed by atoms with van der Waals surface area (Å²) in [5, 5.41) is 10.8. The Bertz CT molecular complexity index is 450. The van der Waals surface area contributed by atoms with Gasteiger partial charge in [0.25, 0.3) is 5.54 Å². The minimum absolute atomic E-state index is 0.00400. The minimum Gasteiger partial charge on any atom is -0.263 e. The first-order valence-corrected chi connectivity index (χ1v) is 4.06. The monoisotopic (exact) mass is 205 g/mol. The Morgan fingerprint density at radius 3 is 2.60 bits per heavy atom. The summed E-state index contributed by atoms with van der Waals surface area (Å²) >= 11 is 0. The minimum atomic E-state index is -1.52. The van der Waals surface area contributed by atoms with Gasteiger partial charge in [-0.3, -0.25) is 10.1 Å². The Morgan fingerprint density at radius 2 is 2.20 bits per heavy atom. The van der Waals surface area contributed by atoms with E-state index in [1.807, 2.05) is 0 Å². The average Bonchev–Trinajstić information content (AvgIpc) is 2.27. The second-order valence-electron chi connectivity index (χ2n) is 3.06. The molecule has 1 unspecified atom stereocenters. The first kappa shape index (κ1) is 10.9. The second-order valence-corrected chi connectivity index (χ2v) is 3.06. The summed E-state index contributed by atoms with van der Waals surface area (Å²) in [6.45, 7) is 3.35. The third-order valence-corrected chi connectivity index (χ3v) is 2.25. The van der Waals surface area contributed by atoms with E-state index >= 15 is 0 Å². The van der Waals surface area contributed by atoms with E-state index in [-0.39, 0.29) is 17.6 Å². The lowest BCUT2D eigenvalue weighted by Crippen LogP contribution is -2.36. The quantitative estimate of drug-likeness (QED) is 0.287. The summed E-state index contributed by atoms with van der Waals surface area (Å²) in [6, 6.07) is 0. The summed E-state index contributed by atoms with van der Waals surface area (Å²) < 4.78 is 0. The van der Waals surface area contributed by atoms with Crippen molar-refractivity contribution in [2.45, 2.75) is 12.0 Å². The van der Waals surface area contributed by atoms with E-state index < -0.39 is 10.5 Å². The summed E-state index contributed by atoms with van der Waals surface area (Å²) in [5.74, 6) is 3.04. The molecule has 5 heteroatoms. The fraction of sp³-hybridized carbons (Fsp3) is 0.200. The van der Waals surface area contributed by atoms with Gasteiger partial charge in [0, 0.05) is 4.92 Å². The molecule has 0 heterocycles. The first-order valence-electron chi connectivity index (χ1n) is 4.06. The van der Waals surface area contributed by atoms with Gasteiger partial charge < -0.3 is 0 Å². The van der Waals surface area contributed by atoms with Crippen molar-refractivity contribution in [1.82, 2.24) is 0 Å². The molecule has 1 rings (SSSR count). The fourth-order valence-electron chi connectivity index (χ4n) is 1.29. The number of hydrogen-bond donors (Lipinski definition) is 0. The van der Waals surface area contributed by atoms with Crippen LogP contribution in [0.15, 0.2) is 36.0 Å². The molecule has 76 valence electrons. The van der Waals surface area contributed by atoms with Gasteiger partial charge in [-0.25, -0.2) is 9.59 Å². The Labute approximate surface area is 85.2 Å². The van der Waals surface area contributed by atoms with Crippen LogP contribution in [0.4, 0.5) is 0 Å². The number of nitrogens with zero attached hydrogens (tertiary/aromatic N) is 1. The molecule has 1 atom stereocenters. The Hall–Kier alpha value is -2.22. The lowest BCUT2D eigenvalue weighted by molar-refractivity contribution is -0.540. The van der Waals surface area contributed by atoms with E-state index in [2.05, 4.69) is 6.58 Å². The highest BCUT2D eigenvalue weighted by Gasteiger charge is 2.41. The van der Waals surface area contributed by atoms with Crippen LogP contribution in [0.1, 0.15) is 6.42 Å². The van der Waals surface area contributed by atoms with Crippen molar-refractivity contribution >= 4 is 11.9 Å².